The van der Waals surface area contributed by atoms with Gasteiger partial charge >= 0.3 is 0 Å². The van der Waals surface area contributed by atoms with Gasteiger partial charge in [0.15, 0.2) is 11.6 Å². The van der Waals surface area contributed by atoms with Crippen LogP contribution in [0.3, 0.4) is 0 Å². The Balaban J connectivity index is 1.69. The summed E-state index contributed by atoms with van der Waals surface area (Å²) in [7, 11) is 1.71. The molecule has 34 heavy (non-hydrogen) atoms. The minimum atomic E-state index is -0.824. The number of likely N-dealkylation sites (tertiary alicyclic amines) is 1. The topological polar surface area (TPSA) is 140 Å². The van der Waals surface area contributed by atoms with E-state index in [1.807, 2.05) is 0 Å². The van der Waals surface area contributed by atoms with E-state index in [2.05, 4.69) is 26.1 Å². The molecule has 2 atom stereocenters. The number of nitrogens with zero attached hydrogens (tertiary/aromatic N) is 4. The maximum absolute atomic E-state index is 15.2. The Bertz CT molecular complexity index is 881. The van der Waals surface area contributed by atoms with Crippen LogP contribution in [0.2, 0.25) is 0 Å². The zero-order chi connectivity index (χ0) is 24.7. The van der Waals surface area contributed by atoms with E-state index in [0.29, 0.717) is 30.4 Å². The maximum atomic E-state index is 15.2. The normalized spacial score (nSPS) is 19.9. The van der Waals surface area contributed by atoms with Crippen molar-refractivity contribution in [1.82, 2.24) is 25.4 Å². The monoisotopic (exact) mass is 479 g/mol. The van der Waals surface area contributed by atoms with Gasteiger partial charge in [-0.05, 0) is 38.5 Å². The van der Waals surface area contributed by atoms with Gasteiger partial charge in [0.1, 0.15) is 11.9 Å². The first-order valence-electron chi connectivity index (χ1n) is 11.8. The van der Waals surface area contributed by atoms with Crippen LogP contribution in [-0.4, -0.2) is 69.5 Å². The van der Waals surface area contributed by atoms with Crippen molar-refractivity contribution in [3.05, 3.63) is 11.6 Å². The van der Waals surface area contributed by atoms with Crippen molar-refractivity contribution in [2.24, 2.45) is 11.8 Å². The van der Waals surface area contributed by atoms with Crippen molar-refractivity contribution in [1.29, 1.82) is 0 Å². The summed E-state index contributed by atoms with van der Waals surface area (Å²) in [6.07, 6.45) is 7.19. The predicted octanol–water partition coefficient (Wildman–Crippen LogP) is 1.83. The van der Waals surface area contributed by atoms with E-state index in [4.69, 9.17) is 0 Å². The number of likely N-dealkylation sites (N-methyl/N-ethyl adjacent to an activating group) is 1. The van der Waals surface area contributed by atoms with Crippen molar-refractivity contribution in [2.45, 2.75) is 64.3 Å². The number of hydrazine groups is 1. The smallest absolute Gasteiger partial charge is 0.244 e. The van der Waals surface area contributed by atoms with E-state index in [9.17, 15) is 19.6 Å². The van der Waals surface area contributed by atoms with E-state index in [-0.39, 0.29) is 36.3 Å². The summed E-state index contributed by atoms with van der Waals surface area (Å²) in [5.41, 5.74) is 4.96. The Morgan fingerprint density at radius 1 is 1.24 bits per heavy atom. The number of carbonyl (C=O) groups excluding carboxylic acids is 3. The molecule has 1 aliphatic carbocycles. The number of carbonyl (C=O) groups is 3. The number of hydrogen-bond acceptors (Lipinski definition) is 8. The number of hydrogen-bond donors (Lipinski definition) is 4. The van der Waals surface area contributed by atoms with E-state index in [1.165, 1.54) is 0 Å². The Kier molecular flexibility index (Phi) is 8.97. The average molecular weight is 480 g/mol. The third kappa shape index (κ3) is 6.75. The largest absolute Gasteiger partial charge is 0.356 e. The van der Waals surface area contributed by atoms with Gasteiger partial charge in [0.2, 0.25) is 24.0 Å². The molecule has 12 heteroatoms. The summed E-state index contributed by atoms with van der Waals surface area (Å²) >= 11 is 0. The lowest BCUT2D eigenvalue weighted by atomic mass is 9.92. The van der Waals surface area contributed by atoms with Crippen LogP contribution >= 0.6 is 0 Å². The van der Waals surface area contributed by atoms with Crippen LogP contribution in [0.1, 0.15) is 57.2 Å². The fourth-order valence-electron chi connectivity index (χ4n) is 4.64. The number of rotatable bonds is 10. The molecule has 2 heterocycles. The van der Waals surface area contributed by atoms with Gasteiger partial charge in [0.25, 0.3) is 0 Å². The molecular formula is C22H34FN7O4. The summed E-state index contributed by atoms with van der Waals surface area (Å²) in [6, 6.07) is -0.603. The SMILES string of the molecule is Cc1nc(NNC(=O)[C@@H](CC2CCCC2)CN(O)C=O)c(F)c(N[C@H]2CCCCN(C)C2=O)n1. The molecule has 0 bridgehead atoms. The Morgan fingerprint density at radius 2 is 1.91 bits per heavy atom. The fraction of sp³-hybridized carbons (Fsp3) is 0.682. The van der Waals surface area contributed by atoms with E-state index in [1.54, 1.807) is 18.9 Å². The van der Waals surface area contributed by atoms with Crippen LogP contribution < -0.4 is 16.2 Å². The lowest BCUT2D eigenvalue weighted by molar-refractivity contribution is -0.154. The summed E-state index contributed by atoms with van der Waals surface area (Å²) in [5, 5.41) is 13.0. The maximum Gasteiger partial charge on any atom is 0.244 e. The predicted molar refractivity (Wildman–Crippen MR) is 122 cm³/mol. The Labute approximate surface area is 198 Å². The van der Waals surface area contributed by atoms with Gasteiger partial charge < -0.3 is 10.2 Å². The van der Waals surface area contributed by atoms with Crippen molar-refractivity contribution in [3.63, 3.8) is 0 Å². The number of hydroxylamine groups is 2. The van der Waals surface area contributed by atoms with Crippen LogP contribution in [0.5, 0.6) is 0 Å². The van der Waals surface area contributed by atoms with Gasteiger partial charge in [-0.1, -0.05) is 25.7 Å². The van der Waals surface area contributed by atoms with Crippen LogP contribution in [0.25, 0.3) is 0 Å². The van der Waals surface area contributed by atoms with Crippen molar-refractivity contribution in [2.75, 3.05) is 30.9 Å². The molecule has 1 saturated carbocycles. The highest BCUT2D eigenvalue weighted by Crippen LogP contribution is 2.30. The number of anilines is 2. The van der Waals surface area contributed by atoms with Gasteiger partial charge in [-0.15, -0.1) is 0 Å². The minimum absolute atomic E-state index is 0.122. The summed E-state index contributed by atoms with van der Waals surface area (Å²) in [5.74, 6) is -1.90. The lowest BCUT2D eigenvalue weighted by Crippen LogP contribution is -2.41. The second kappa shape index (κ2) is 11.9. The fourth-order valence-corrected chi connectivity index (χ4v) is 4.64. The third-order valence-electron chi connectivity index (χ3n) is 6.48. The van der Waals surface area contributed by atoms with Crippen molar-refractivity contribution < 1.29 is 24.0 Å². The highest BCUT2D eigenvalue weighted by Gasteiger charge is 2.29. The average Bonchev–Trinajstić information content (AvgIpc) is 3.28. The molecule has 11 nitrogen and oxygen atoms in total. The highest BCUT2D eigenvalue weighted by atomic mass is 19.1. The molecular weight excluding hydrogens is 445 g/mol. The number of aromatic nitrogens is 2. The molecule has 3 amide bonds. The first-order chi connectivity index (χ1) is 16.3. The zero-order valence-electron chi connectivity index (χ0n) is 19.7. The first-order valence-corrected chi connectivity index (χ1v) is 11.8. The summed E-state index contributed by atoms with van der Waals surface area (Å²) in [6.45, 7) is 2.07. The number of amides is 3. The van der Waals surface area contributed by atoms with Crippen LogP contribution in [-0.2, 0) is 14.4 Å². The molecule has 1 aromatic rings. The molecule has 0 radical (unpaired) electrons. The van der Waals surface area contributed by atoms with Gasteiger partial charge in [-0.2, -0.15) is 4.39 Å². The Morgan fingerprint density at radius 3 is 2.62 bits per heavy atom. The van der Waals surface area contributed by atoms with Crippen molar-refractivity contribution >= 4 is 29.9 Å². The quantitative estimate of drug-likeness (QED) is 0.226. The summed E-state index contributed by atoms with van der Waals surface area (Å²) < 4.78 is 15.2. The molecule has 0 aromatic carbocycles. The molecule has 0 unspecified atom stereocenters. The van der Waals surface area contributed by atoms with Gasteiger partial charge in [-0.25, -0.2) is 15.0 Å². The molecule has 4 N–H and O–H groups in total. The van der Waals surface area contributed by atoms with Gasteiger partial charge in [-0.3, -0.25) is 30.4 Å². The second-order valence-corrected chi connectivity index (χ2v) is 9.16. The molecule has 0 spiro atoms. The van der Waals surface area contributed by atoms with Crippen LogP contribution in [0.4, 0.5) is 16.0 Å². The molecule has 1 saturated heterocycles. The van der Waals surface area contributed by atoms with Crippen LogP contribution in [0, 0.1) is 24.6 Å². The zero-order valence-corrected chi connectivity index (χ0v) is 19.7. The van der Waals surface area contributed by atoms with Crippen LogP contribution in [0.15, 0.2) is 0 Å². The van der Waals surface area contributed by atoms with Gasteiger partial charge in [0.05, 0.1) is 12.5 Å². The number of halogens is 1. The van der Waals surface area contributed by atoms with Gasteiger partial charge in [0, 0.05) is 13.6 Å². The molecule has 2 aliphatic rings. The summed E-state index contributed by atoms with van der Waals surface area (Å²) in [4.78, 5) is 46.0. The van der Waals surface area contributed by atoms with Crippen molar-refractivity contribution in [3.8, 4) is 0 Å². The lowest BCUT2D eigenvalue weighted by Gasteiger charge is -2.23. The molecule has 1 aromatic heterocycles. The number of nitrogens with one attached hydrogen (secondary N) is 3. The second-order valence-electron chi connectivity index (χ2n) is 9.16. The van der Waals surface area contributed by atoms with E-state index >= 15 is 4.39 Å². The minimum Gasteiger partial charge on any atom is -0.356 e. The van der Waals surface area contributed by atoms with E-state index < -0.39 is 23.7 Å². The Hall–Kier alpha value is -3.02. The molecule has 1 aliphatic heterocycles. The molecule has 188 valence electrons. The molecule has 3 rings (SSSR count). The standard InChI is InChI=1S/C22H34FN7O4/c1-14-24-19(26-17-9-5-6-10-29(2)22(17)33)18(23)20(25-14)27-28-21(32)16(12-30(34)13-31)11-15-7-3-4-8-15/h13,15-17,34H,3-12H2,1-2H3,(H,28,32)(H2,24,25,26,27)/t16-,17-/m0/s1. The molecule has 2 fully saturated rings. The van der Waals surface area contributed by atoms with E-state index in [0.717, 1.165) is 38.5 Å². The number of aryl methyl sites for hydroxylation is 1. The third-order valence-corrected chi connectivity index (χ3v) is 6.48. The highest BCUT2D eigenvalue weighted by molar-refractivity contribution is 5.84. The first kappa shape index (κ1) is 25.6.